The van der Waals surface area contributed by atoms with Crippen LogP contribution in [0.4, 0.5) is 4.39 Å². The van der Waals surface area contributed by atoms with Gasteiger partial charge in [-0.1, -0.05) is 24.3 Å². The maximum atomic E-state index is 13.3. The molecule has 2 rings (SSSR count). The van der Waals surface area contributed by atoms with Gasteiger partial charge >= 0.3 is 0 Å². The first-order chi connectivity index (χ1) is 11.1. The van der Waals surface area contributed by atoms with Crippen molar-refractivity contribution in [3.05, 3.63) is 61.0 Å². The van der Waals surface area contributed by atoms with Gasteiger partial charge in [0.15, 0.2) is 0 Å². The van der Waals surface area contributed by atoms with Crippen LogP contribution in [0, 0.1) is 11.7 Å². The Morgan fingerprint density at radius 1 is 1.35 bits per heavy atom. The summed E-state index contributed by atoms with van der Waals surface area (Å²) in [6.07, 6.45) is 5.38. The third-order valence-electron chi connectivity index (χ3n) is 4.16. The van der Waals surface area contributed by atoms with E-state index in [1.165, 1.54) is 6.07 Å². The zero-order chi connectivity index (χ0) is 16.7. The molecule has 1 aliphatic heterocycles. The molecule has 0 saturated carbocycles. The van der Waals surface area contributed by atoms with Crippen molar-refractivity contribution in [1.82, 2.24) is 9.80 Å². The molecule has 1 heterocycles. The number of benzene rings is 1. The van der Waals surface area contributed by atoms with Gasteiger partial charge in [0.25, 0.3) is 0 Å². The van der Waals surface area contributed by atoms with Gasteiger partial charge in [0.2, 0.25) is 5.91 Å². The molecular formula is C19H25FN2O. The Bertz CT molecular complexity index is 548. The van der Waals surface area contributed by atoms with Crippen molar-refractivity contribution in [3.8, 4) is 0 Å². The summed E-state index contributed by atoms with van der Waals surface area (Å²) in [5.41, 5.74) is 0.951. The van der Waals surface area contributed by atoms with Gasteiger partial charge in [0, 0.05) is 26.2 Å². The second-order valence-electron chi connectivity index (χ2n) is 6.02. The fraction of sp³-hybridized carbons (Fsp3) is 0.421. The molecule has 1 amide bonds. The van der Waals surface area contributed by atoms with Gasteiger partial charge in [-0.2, -0.15) is 0 Å². The Kier molecular flexibility index (Phi) is 6.53. The van der Waals surface area contributed by atoms with E-state index in [9.17, 15) is 9.18 Å². The first-order valence-corrected chi connectivity index (χ1v) is 8.11. The van der Waals surface area contributed by atoms with E-state index in [-0.39, 0.29) is 17.6 Å². The molecule has 0 aromatic heterocycles. The van der Waals surface area contributed by atoms with Crippen LogP contribution in [0.5, 0.6) is 0 Å². The van der Waals surface area contributed by atoms with E-state index in [4.69, 9.17) is 0 Å². The van der Waals surface area contributed by atoms with E-state index in [1.54, 1.807) is 29.2 Å². The molecule has 0 spiro atoms. The summed E-state index contributed by atoms with van der Waals surface area (Å²) in [5.74, 6) is -0.0544. The van der Waals surface area contributed by atoms with Gasteiger partial charge in [-0.05, 0) is 37.1 Å². The van der Waals surface area contributed by atoms with E-state index in [0.717, 1.165) is 31.5 Å². The second-order valence-corrected chi connectivity index (χ2v) is 6.02. The standard InChI is InChI=1S/C19H25FN2O/c1-3-10-22(11-4-2)19(23)17-8-6-12-21(15-17)14-16-7-5-9-18(20)13-16/h3-5,7,9,13,17H,1-2,6,8,10-12,14-15H2. The van der Waals surface area contributed by atoms with Crippen LogP contribution in [0.2, 0.25) is 0 Å². The molecule has 0 radical (unpaired) electrons. The van der Waals surface area contributed by atoms with Crippen LogP contribution in [0.25, 0.3) is 0 Å². The van der Waals surface area contributed by atoms with Crippen LogP contribution in [0.1, 0.15) is 18.4 Å². The van der Waals surface area contributed by atoms with Crippen molar-refractivity contribution in [1.29, 1.82) is 0 Å². The number of carbonyl (C=O) groups excluding carboxylic acids is 1. The van der Waals surface area contributed by atoms with Gasteiger partial charge < -0.3 is 4.90 Å². The van der Waals surface area contributed by atoms with E-state index in [1.807, 2.05) is 6.07 Å². The number of nitrogens with zero attached hydrogens (tertiary/aromatic N) is 2. The molecule has 0 bridgehead atoms. The molecule has 4 heteroatoms. The molecule has 23 heavy (non-hydrogen) atoms. The summed E-state index contributed by atoms with van der Waals surface area (Å²) in [6, 6.07) is 6.67. The SMILES string of the molecule is C=CCN(CC=C)C(=O)C1CCCN(Cc2cccc(F)c2)C1. The molecule has 1 atom stereocenters. The van der Waals surface area contributed by atoms with Crippen LogP contribution >= 0.6 is 0 Å². The number of halogens is 1. The molecule has 3 nitrogen and oxygen atoms in total. The molecule has 1 aliphatic rings. The fourth-order valence-corrected chi connectivity index (χ4v) is 3.12. The minimum atomic E-state index is -0.213. The molecule has 1 aromatic carbocycles. The highest BCUT2D eigenvalue weighted by Crippen LogP contribution is 2.21. The molecular weight excluding hydrogens is 291 g/mol. The highest BCUT2D eigenvalue weighted by molar-refractivity contribution is 5.79. The molecule has 0 aliphatic carbocycles. The summed E-state index contributed by atoms with van der Waals surface area (Å²) >= 11 is 0. The largest absolute Gasteiger partial charge is 0.335 e. The number of hydrogen-bond donors (Lipinski definition) is 0. The Balaban J connectivity index is 1.97. The summed E-state index contributed by atoms with van der Waals surface area (Å²) in [7, 11) is 0. The minimum absolute atomic E-state index is 0.00258. The first kappa shape index (κ1) is 17.4. The van der Waals surface area contributed by atoms with Crippen molar-refractivity contribution < 1.29 is 9.18 Å². The van der Waals surface area contributed by atoms with Crippen molar-refractivity contribution in [2.24, 2.45) is 5.92 Å². The van der Waals surface area contributed by atoms with Crippen LogP contribution in [-0.4, -0.2) is 41.9 Å². The zero-order valence-electron chi connectivity index (χ0n) is 13.6. The Morgan fingerprint density at radius 3 is 2.74 bits per heavy atom. The molecule has 1 saturated heterocycles. The number of amides is 1. The highest BCUT2D eigenvalue weighted by atomic mass is 19.1. The molecule has 1 fully saturated rings. The van der Waals surface area contributed by atoms with E-state index in [2.05, 4.69) is 18.1 Å². The lowest BCUT2D eigenvalue weighted by Gasteiger charge is -2.34. The van der Waals surface area contributed by atoms with Crippen LogP contribution in [0.3, 0.4) is 0 Å². The van der Waals surface area contributed by atoms with Crippen LogP contribution < -0.4 is 0 Å². The quantitative estimate of drug-likeness (QED) is 0.721. The number of rotatable bonds is 7. The minimum Gasteiger partial charge on any atom is -0.335 e. The van der Waals surface area contributed by atoms with Crippen molar-refractivity contribution in [3.63, 3.8) is 0 Å². The van der Waals surface area contributed by atoms with E-state index >= 15 is 0 Å². The van der Waals surface area contributed by atoms with Crippen molar-refractivity contribution >= 4 is 5.91 Å². The Morgan fingerprint density at radius 2 is 2.09 bits per heavy atom. The van der Waals surface area contributed by atoms with E-state index < -0.39 is 0 Å². The number of carbonyl (C=O) groups is 1. The number of hydrogen-bond acceptors (Lipinski definition) is 2. The lowest BCUT2D eigenvalue weighted by Crippen LogP contribution is -2.44. The smallest absolute Gasteiger partial charge is 0.227 e. The van der Waals surface area contributed by atoms with Crippen molar-refractivity contribution in [2.45, 2.75) is 19.4 Å². The molecule has 1 unspecified atom stereocenters. The average molecular weight is 316 g/mol. The predicted molar refractivity (Wildman–Crippen MR) is 91.4 cm³/mol. The lowest BCUT2D eigenvalue weighted by molar-refractivity contribution is -0.136. The third-order valence-corrected chi connectivity index (χ3v) is 4.16. The Labute approximate surface area is 138 Å². The first-order valence-electron chi connectivity index (χ1n) is 8.11. The summed E-state index contributed by atoms with van der Waals surface area (Å²) < 4.78 is 13.3. The maximum Gasteiger partial charge on any atom is 0.227 e. The monoisotopic (exact) mass is 316 g/mol. The molecule has 124 valence electrons. The number of piperidine rings is 1. The highest BCUT2D eigenvalue weighted by Gasteiger charge is 2.28. The normalized spacial score (nSPS) is 18.4. The van der Waals surface area contributed by atoms with Crippen LogP contribution in [-0.2, 0) is 11.3 Å². The van der Waals surface area contributed by atoms with Gasteiger partial charge in [0.1, 0.15) is 5.82 Å². The summed E-state index contributed by atoms with van der Waals surface area (Å²) in [5, 5.41) is 0. The Hall–Kier alpha value is -1.94. The second kappa shape index (κ2) is 8.63. The third kappa shape index (κ3) is 5.03. The molecule has 1 aromatic rings. The summed E-state index contributed by atoms with van der Waals surface area (Å²) in [6.45, 7) is 10.9. The van der Waals surface area contributed by atoms with E-state index in [0.29, 0.717) is 19.6 Å². The lowest BCUT2D eigenvalue weighted by atomic mass is 9.96. The van der Waals surface area contributed by atoms with Crippen LogP contribution in [0.15, 0.2) is 49.6 Å². The van der Waals surface area contributed by atoms with Crippen molar-refractivity contribution in [2.75, 3.05) is 26.2 Å². The van der Waals surface area contributed by atoms with Gasteiger partial charge in [-0.25, -0.2) is 4.39 Å². The predicted octanol–water partition coefficient (Wildman–Crippen LogP) is 3.24. The fourth-order valence-electron chi connectivity index (χ4n) is 3.12. The van der Waals surface area contributed by atoms with Gasteiger partial charge in [-0.3, -0.25) is 9.69 Å². The average Bonchev–Trinajstić information content (AvgIpc) is 2.54. The maximum absolute atomic E-state index is 13.3. The van der Waals surface area contributed by atoms with Gasteiger partial charge in [0.05, 0.1) is 5.92 Å². The number of likely N-dealkylation sites (tertiary alicyclic amines) is 1. The molecule has 0 N–H and O–H groups in total. The van der Waals surface area contributed by atoms with Gasteiger partial charge in [-0.15, -0.1) is 13.2 Å². The topological polar surface area (TPSA) is 23.6 Å². The summed E-state index contributed by atoms with van der Waals surface area (Å²) in [4.78, 5) is 16.7. The zero-order valence-corrected chi connectivity index (χ0v) is 13.6.